The Morgan fingerprint density at radius 1 is 1.13 bits per heavy atom. The average molecular weight is 402 g/mol. The molecule has 148 valence electrons. The first-order valence-electron chi connectivity index (χ1n) is 9.03. The van der Waals surface area contributed by atoms with Gasteiger partial charge in [-0.3, -0.25) is 19.3 Å². The van der Waals surface area contributed by atoms with Gasteiger partial charge < -0.3 is 15.6 Å². The first kappa shape index (κ1) is 17.6. The molecule has 0 aliphatic heterocycles. The Morgan fingerprint density at radius 2 is 1.87 bits per heavy atom. The molecule has 0 saturated heterocycles. The zero-order valence-corrected chi connectivity index (χ0v) is 15.4. The van der Waals surface area contributed by atoms with Gasteiger partial charge in [0.15, 0.2) is 0 Å². The van der Waals surface area contributed by atoms with Crippen molar-refractivity contribution in [3.05, 3.63) is 86.6 Å². The highest BCUT2D eigenvalue weighted by Gasteiger charge is 2.23. The maximum absolute atomic E-state index is 12.3. The van der Waals surface area contributed by atoms with Crippen molar-refractivity contribution in [3.63, 3.8) is 0 Å². The number of amides is 2. The van der Waals surface area contributed by atoms with Crippen molar-refractivity contribution in [1.29, 1.82) is 0 Å². The van der Waals surface area contributed by atoms with E-state index in [9.17, 15) is 19.7 Å². The maximum Gasteiger partial charge on any atom is 0.323 e. The van der Waals surface area contributed by atoms with Gasteiger partial charge in [0, 0.05) is 47.9 Å². The van der Waals surface area contributed by atoms with E-state index >= 15 is 0 Å². The van der Waals surface area contributed by atoms with Crippen molar-refractivity contribution >= 4 is 28.7 Å². The van der Waals surface area contributed by atoms with E-state index in [1.807, 2.05) is 12.1 Å². The number of aromatic nitrogens is 3. The zero-order chi connectivity index (χ0) is 20.8. The molecular weight excluding hydrogens is 388 g/mol. The SMILES string of the molecule is O=C(Nc1ccc([N+](=O)[O-])cc1)Nc1ccc2c(c1)Cc1c-2[nH]c(=O)c2nccn12. The number of carbonyl (C=O) groups is 1. The van der Waals surface area contributed by atoms with Crippen LogP contribution < -0.4 is 16.2 Å². The average Bonchev–Trinajstić information content (AvgIpc) is 3.33. The summed E-state index contributed by atoms with van der Waals surface area (Å²) in [5.74, 6) is 0. The molecule has 0 unspecified atom stereocenters. The van der Waals surface area contributed by atoms with Gasteiger partial charge in [0.25, 0.3) is 11.2 Å². The Kier molecular flexibility index (Phi) is 3.85. The number of non-ortho nitro benzene ring substituents is 1. The molecule has 30 heavy (non-hydrogen) atoms. The van der Waals surface area contributed by atoms with Crippen LogP contribution in [0.2, 0.25) is 0 Å². The molecule has 0 spiro atoms. The molecule has 1 aliphatic rings. The standard InChI is InChI=1S/C20H14N6O4/c27-19-18-21-7-8-25(18)16-10-11-9-13(3-6-15(11)17(16)24-19)23-20(28)22-12-1-4-14(5-2-12)26(29)30/h1-9H,10H2,(H,24,27)(H2,22,23,28). The maximum atomic E-state index is 12.3. The molecule has 0 atom stereocenters. The fraction of sp³-hybridized carbons (Fsp3) is 0.0500. The van der Waals surface area contributed by atoms with Gasteiger partial charge in [-0.2, -0.15) is 0 Å². The van der Waals surface area contributed by atoms with Crippen molar-refractivity contribution in [2.24, 2.45) is 0 Å². The molecule has 0 fully saturated rings. The molecule has 2 amide bonds. The third-order valence-corrected chi connectivity index (χ3v) is 4.99. The Balaban J connectivity index is 1.36. The van der Waals surface area contributed by atoms with Gasteiger partial charge in [0.05, 0.1) is 16.3 Å². The summed E-state index contributed by atoms with van der Waals surface area (Å²) in [6.45, 7) is 0. The summed E-state index contributed by atoms with van der Waals surface area (Å²) >= 11 is 0. The minimum atomic E-state index is -0.503. The number of imidazole rings is 1. The minimum Gasteiger partial charge on any atom is -0.317 e. The second-order valence-electron chi connectivity index (χ2n) is 6.83. The molecule has 10 heteroatoms. The van der Waals surface area contributed by atoms with Crippen molar-refractivity contribution in [2.45, 2.75) is 6.42 Å². The lowest BCUT2D eigenvalue weighted by molar-refractivity contribution is -0.384. The lowest BCUT2D eigenvalue weighted by Crippen LogP contribution is -2.19. The van der Waals surface area contributed by atoms with Crippen LogP contribution in [0.4, 0.5) is 21.9 Å². The van der Waals surface area contributed by atoms with Gasteiger partial charge >= 0.3 is 6.03 Å². The van der Waals surface area contributed by atoms with Crippen molar-refractivity contribution < 1.29 is 9.72 Å². The van der Waals surface area contributed by atoms with E-state index in [1.165, 1.54) is 24.3 Å². The normalized spacial score (nSPS) is 11.7. The number of carbonyl (C=O) groups excluding carboxylic acids is 1. The number of nitro groups is 1. The van der Waals surface area contributed by atoms with Crippen LogP contribution in [-0.4, -0.2) is 25.3 Å². The molecule has 5 rings (SSSR count). The van der Waals surface area contributed by atoms with Gasteiger partial charge in [0.2, 0.25) is 5.65 Å². The Labute approximate surface area is 168 Å². The third-order valence-electron chi connectivity index (χ3n) is 4.99. The summed E-state index contributed by atoms with van der Waals surface area (Å²) in [6, 6.07) is 10.5. The van der Waals surface area contributed by atoms with Crippen molar-refractivity contribution in [3.8, 4) is 11.3 Å². The molecule has 0 bridgehead atoms. The van der Waals surface area contributed by atoms with E-state index < -0.39 is 11.0 Å². The predicted molar refractivity (Wildman–Crippen MR) is 110 cm³/mol. The van der Waals surface area contributed by atoms with Crippen LogP contribution in [0.15, 0.2) is 59.7 Å². The van der Waals surface area contributed by atoms with E-state index in [0.29, 0.717) is 23.4 Å². The molecule has 4 aromatic rings. The number of aromatic amines is 1. The largest absolute Gasteiger partial charge is 0.323 e. The summed E-state index contributed by atoms with van der Waals surface area (Å²) in [5, 5.41) is 16.1. The fourth-order valence-electron chi connectivity index (χ4n) is 3.65. The smallest absolute Gasteiger partial charge is 0.317 e. The minimum absolute atomic E-state index is 0.0517. The van der Waals surface area contributed by atoms with Crippen LogP contribution in [0, 0.1) is 10.1 Å². The number of rotatable bonds is 3. The van der Waals surface area contributed by atoms with Crippen LogP contribution in [0.3, 0.4) is 0 Å². The van der Waals surface area contributed by atoms with Crippen LogP contribution >= 0.6 is 0 Å². The number of nitrogens with zero attached hydrogens (tertiary/aromatic N) is 3. The molecule has 10 nitrogen and oxygen atoms in total. The number of hydrogen-bond acceptors (Lipinski definition) is 5. The number of nitro benzene ring substituents is 1. The van der Waals surface area contributed by atoms with Gasteiger partial charge in [-0.25, -0.2) is 9.78 Å². The predicted octanol–water partition coefficient (Wildman–Crippen LogP) is 3.15. The van der Waals surface area contributed by atoms with E-state index in [2.05, 4.69) is 20.6 Å². The Bertz CT molecular complexity index is 1390. The molecule has 2 aromatic heterocycles. The van der Waals surface area contributed by atoms with Gasteiger partial charge in [-0.1, -0.05) is 6.07 Å². The van der Waals surface area contributed by atoms with Gasteiger partial charge in [-0.15, -0.1) is 0 Å². The van der Waals surface area contributed by atoms with E-state index in [1.54, 1.807) is 22.9 Å². The van der Waals surface area contributed by atoms with Gasteiger partial charge in [0.1, 0.15) is 0 Å². The lowest BCUT2D eigenvalue weighted by atomic mass is 10.1. The number of anilines is 2. The first-order chi connectivity index (χ1) is 14.5. The second-order valence-corrected chi connectivity index (χ2v) is 6.83. The number of urea groups is 1. The highest BCUT2D eigenvalue weighted by Crippen LogP contribution is 2.36. The number of benzene rings is 2. The number of nitrogens with one attached hydrogen (secondary N) is 3. The summed E-state index contributed by atoms with van der Waals surface area (Å²) in [6.07, 6.45) is 3.93. The van der Waals surface area contributed by atoms with Crippen molar-refractivity contribution in [1.82, 2.24) is 14.4 Å². The molecule has 2 aromatic carbocycles. The van der Waals surface area contributed by atoms with Crippen molar-refractivity contribution in [2.75, 3.05) is 10.6 Å². The summed E-state index contributed by atoms with van der Waals surface area (Å²) in [5.41, 5.74) is 4.63. The molecule has 0 radical (unpaired) electrons. The quantitative estimate of drug-likeness (QED) is 0.315. The summed E-state index contributed by atoms with van der Waals surface area (Å²) < 4.78 is 1.78. The van der Waals surface area contributed by atoms with E-state index in [0.717, 1.165) is 22.5 Å². The second kappa shape index (κ2) is 6.55. The molecule has 2 heterocycles. The van der Waals surface area contributed by atoms with Crippen LogP contribution in [0.1, 0.15) is 11.3 Å². The Hall–Kier alpha value is -4.47. The topological polar surface area (TPSA) is 134 Å². The number of H-pyrrole nitrogens is 1. The molecule has 3 N–H and O–H groups in total. The fourth-order valence-corrected chi connectivity index (χ4v) is 3.65. The number of hydrogen-bond donors (Lipinski definition) is 3. The van der Waals surface area contributed by atoms with E-state index in [4.69, 9.17) is 0 Å². The van der Waals surface area contributed by atoms with Crippen LogP contribution in [0.25, 0.3) is 16.9 Å². The third kappa shape index (κ3) is 2.87. The summed E-state index contributed by atoms with van der Waals surface area (Å²) in [4.78, 5) is 41.7. The lowest BCUT2D eigenvalue weighted by Gasteiger charge is -2.09. The molecular formula is C20H14N6O4. The Morgan fingerprint density at radius 3 is 2.63 bits per heavy atom. The highest BCUT2D eigenvalue weighted by molar-refractivity contribution is 6.00. The monoisotopic (exact) mass is 402 g/mol. The summed E-state index contributed by atoms with van der Waals surface area (Å²) in [7, 11) is 0. The van der Waals surface area contributed by atoms with Crippen LogP contribution in [-0.2, 0) is 6.42 Å². The highest BCUT2D eigenvalue weighted by atomic mass is 16.6. The first-order valence-corrected chi connectivity index (χ1v) is 9.03. The molecule has 0 saturated carbocycles. The number of fused-ring (bicyclic) bond motifs is 5. The van der Waals surface area contributed by atoms with E-state index in [-0.39, 0.29) is 11.2 Å². The van der Waals surface area contributed by atoms with Gasteiger partial charge in [-0.05, 0) is 29.8 Å². The zero-order valence-electron chi connectivity index (χ0n) is 15.4. The molecule has 1 aliphatic carbocycles. The van der Waals surface area contributed by atoms with Crippen LogP contribution in [0.5, 0.6) is 0 Å².